The molecular weight excluding hydrogens is 348 g/mol. The van der Waals surface area contributed by atoms with E-state index in [-0.39, 0.29) is 5.92 Å². The highest BCUT2D eigenvalue weighted by Gasteiger charge is 2.18. The fraction of sp³-hybridized carbons (Fsp3) is 0.167. The van der Waals surface area contributed by atoms with Crippen LogP contribution in [0.3, 0.4) is 0 Å². The predicted molar refractivity (Wildman–Crippen MR) is 111 cm³/mol. The molecule has 0 unspecified atom stereocenters. The molecule has 0 heterocycles. The summed E-state index contributed by atoms with van der Waals surface area (Å²) >= 11 is 0. The quantitative estimate of drug-likeness (QED) is 0.650. The second-order valence-corrected chi connectivity index (χ2v) is 6.76. The third-order valence-corrected chi connectivity index (χ3v) is 4.61. The van der Waals surface area contributed by atoms with Gasteiger partial charge in [0.25, 0.3) is 0 Å². The summed E-state index contributed by atoms with van der Waals surface area (Å²) in [6.07, 6.45) is 0. The monoisotopic (exact) mass is 372 g/mol. The lowest BCUT2D eigenvalue weighted by molar-refractivity contribution is -0.139. The van der Waals surface area contributed by atoms with Gasteiger partial charge in [-0.05, 0) is 23.6 Å². The molecule has 0 saturated carbocycles. The van der Waals surface area contributed by atoms with Crippen molar-refractivity contribution in [3.8, 4) is 0 Å². The van der Waals surface area contributed by atoms with Crippen LogP contribution in [0.1, 0.15) is 28.2 Å². The summed E-state index contributed by atoms with van der Waals surface area (Å²) in [5.74, 6) is -1.26. The SMILES string of the molecule is Cc1cccc(CNC(=O)C(=O)NCC(c2ccccc2)c2ccccc2)c1. The molecule has 0 aliphatic rings. The van der Waals surface area contributed by atoms with Crippen molar-refractivity contribution in [2.45, 2.75) is 19.4 Å². The first-order chi connectivity index (χ1) is 13.6. The zero-order valence-corrected chi connectivity index (χ0v) is 15.9. The Bertz CT molecular complexity index is 884. The van der Waals surface area contributed by atoms with Crippen LogP contribution in [0.2, 0.25) is 0 Å². The summed E-state index contributed by atoms with van der Waals surface area (Å²) in [6, 6.07) is 27.8. The Hall–Kier alpha value is -3.40. The maximum atomic E-state index is 12.3. The van der Waals surface area contributed by atoms with Crippen LogP contribution >= 0.6 is 0 Å². The molecule has 3 aromatic rings. The standard InChI is InChI=1S/C24H24N2O2/c1-18-9-8-10-19(15-18)16-25-23(27)24(28)26-17-22(20-11-4-2-5-12-20)21-13-6-3-7-14-21/h2-15,22H,16-17H2,1H3,(H,25,27)(H,26,28). The van der Waals surface area contributed by atoms with Gasteiger partial charge in [0, 0.05) is 19.0 Å². The Balaban J connectivity index is 1.61. The Labute approximate surface area is 165 Å². The molecule has 0 bridgehead atoms. The van der Waals surface area contributed by atoms with Crippen LogP contribution < -0.4 is 10.6 Å². The van der Waals surface area contributed by atoms with Gasteiger partial charge in [-0.2, -0.15) is 0 Å². The number of hydrogen-bond acceptors (Lipinski definition) is 2. The number of hydrogen-bond donors (Lipinski definition) is 2. The van der Waals surface area contributed by atoms with Crippen molar-refractivity contribution in [2.24, 2.45) is 0 Å². The summed E-state index contributed by atoms with van der Waals surface area (Å²) in [6.45, 7) is 2.67. The molecule has 28 heavy (non-hydrogen) atoms. The van der Waals surface area contributed by atoms with Crippen LogP contribution in [0, 0.1) is 6.92 Å². The molecule has 3 rings (SSSR count). The highest BCUT2D eigenvalue weighted by Crippen LogP contribution is 2.23. The molecule has 0 radical (unpaired) electrons. The van der Waals surface area contributed by atoms with Gasteiger partial charge in [0.1, 0.15) is 0 Å². The van der Waals surface area contributed by atoms with Gasteiger partial charge in [-0.25, -0.2) is 0 Å². The first-order valence-electron chi connectivity index (χ1n) is 9.35. The molecule has 0 aliphatic heterocycles. The van der Waals surface area contributed by atoms with Crippen molar-refractivity contribution in [1.82, 2.24) is 10.6 Å². The summed E-state index contributed by atoms with van der Waals surface area (Å²) < 4.78 is 0. The molecule has 142 valence electrons. The van der Waals surface area contributed by atoms with Crippen molar-refractivity contribution in [3.63, 3.8) is 0 Å². The molecule has 3 aromatic carbocycles. The fourth-order valence-corrected chi connectivity index (χ4v) is 3.16. The van der Waals surface area contributed by atoms with E-state index in [1.54, 1.807) is 0 Å². The van der Waals surface area contributed by atoms with Crippen LogP contribution in [0.4, 0.5) is 0 Å². The lowest BCUT2D eigenvalue weighted by atomic mass is 9.91. The van der Waals surface area contributed by atoms with Crippen molar-refractivity contribution >= 4 is 11.8 Å². The van der Waals surface area contributed by atoms with E-state index < -0.39 is 11.8 Å². The first-order valence-corrected chi connectivity index (χ1v) is 9.35. The van der Waals surface area contributed by atoms with Crippen LogP contribution in [0.5, 0.6) is 0 Å². The Morgan fingerprint density at radius 1 is 0.750 bits per heavy atom. The van der Waals surface area contributed by atoms with E-state index in [2.05, 4.69) is 10.6 Å². The second kappa shape index (κ2) is 9.51. The number of nitrogens with one attached hydrogen (secondary N) is 2. The van der Waals surface area contributed by atoms with Gasteiger partial charge in [-0.15, -0.1) is 0 Å². The predicted octanol–water partition coefficient (Wildman–Crippen LogP) is 3.56. The molecular formula is C24H24N2O2. The largest absolute Gasteiger partial charge is 0.347 e. The van der Waals surface area contributed by atoms with Crippen molar-refractivity contribution in [2.75, 3.05) is 6.54 Å². The third kappa shape index (κ3) is 5.30. The maximum Gasteiger partial charge on any atom is 0.309 e. The zero-order valence-electron chi connectivity index (χ0n) is 15.9. The fourth-order valence-electron chi connectivity index (χ4n) is 3.16. The van der Waals surface area contributed by atoms with E-state index in [0.29, 0.717) is 13.1 Å². The summed E-state index contributed by atoms with van der Waals surface area (Å²) in [7, 11) is 0. The van der Waals surface area contributed by atoms with Gasteiger partial charge in [-0.1, -0.05) is 90.5 Å². The minimum absolute atomic E-state index is 0.0177. The molecule has 2 amide bonds. The maximum absolute atomic E-state index is 12.3. The van der Waals surface area contributed by atoms with Crippen LogP contribution in [0.15, 0.2) is 84.9 Å². The zero-order chi connectivity index (χ0) is 19.8. The number of carbonyl (C=O) groups excluding carboxylic acids is 2. The average molecular weight is 372 g/mol. The van der Waals surface area contributed by atoms with Gasteiger partial charge in [0.15, 0.2) is 0 Å². The summed E-state index contributed by atoms with van der Waals surface area (Å²) in [5, 5.41) is 5.45. The molecule has 2 N–H and O–H groups in total. The molecule has 4 nitrogen and oxygen atoms in total. The minimum atomic E-state index is -0.624. The van der Waals surface area contributed by atoms with E-state index in [9.17, 15) is 9.59 Å². The van der Waals surface area contributed by atoms with Crippen LogP contribution in [0.25, 0.3) is 0 Å². The van der Waals surface area contributed by atoms with E-state index >= 15 is 0 Å². The second-order valence-electron chi connectivity index (χ2n) is 6.76. The first kappa shape index (κ1) is 19.4. The van der Waals surface area contributed by atoms with Crippen LogP contribution in [-0.2, 0) is 16.1 Å². The van der Waals surface area contributed by atoms with Crippen LogP contribution in [-0.4, -0.2) is 18.4 Å². The number of benzene rings is 3. The molecule has 0 aliphatic carbocycles. The van der Waals surface area contributed by atoms with Crippen molar-refractivity contribution in [1.29, 1.82) is 0 Å². The molecule has 0 spiro atoms. The van der Waals surface area contributed by atoms with Crippen molar-refractivity contribution in [3.05, 3.63) is 107 Å². The lowest BCUT2D eigenvalue weighted by Crippen LogP contribution is -2.41. The smallest absolute Gasteiger partial charge is 0.309 e. The number of rotatable bonds is 6. The molecule has 0 atom stereocenters. The van der Waals surface area contributed by atoms with E-state index in [1.165, 1.54) is 0 Å². The molecule has 0 aromatic heterocycles. The highest BCUT2D eigenvalue weighted by atomic mass is 16.2. The summed E-state index contributed by atoms with van der Waals surface area (Å²) in [4.78, 5) is 24.4. The van der Waals surface area contributed by atoms with Gasteiger partial charge < -0.3 is 10.6 Å². The van der Waals surface area contributed by atoms with Crippen molar-refractivity contribution < 1.29 is 9.59 Å². The van der Waals surface area contributed by atoms with Gasteiger partial charge in [-0.3, -0.25) is 9.59 Å². The van der Waals surface area contributed by atoms with Gasteiger partial charge in [0.05, 0.1) is 0 Å². The Morgan fingerprint density at radius 2 is 1.32 bits per heavy atom. The highest BCUT2D eigenvalue weighted by molar-refractivity contribution is 6.35. The van der Waals surface area contributed by atoms with E-state index in [0.717, 1.165) is 22.3 Å². The third-order valence-electron chi connectivity index (χ3n) is 4.61. The average Bonchev–Trinajstić information content (AvgIpc) is 2.73. The number of aryl methyl sites for hydroxylation is 1. The molecule has 4 heteroatoms. The molecule has 0 saturated heterocycles. The number of amides is 2. The van der Waals surface area contributed by atoms with Gasteiger partial charge >= 0.3 is 11.8 Å². The van der Waals surface area contributed by atoms with Gasteiger partial charge in [0.2, 0.25) is 0 Å². The number of carbonyl (C=O) groups is 2. The lowest BCUT2D eigenvalue weighted by Gasteiger charge is -2.18. The van der Waals surface area contributed by atoms with E-state index in [4.69, 9.17) is 0 Å². The van der Waals surface area contributed by atoms with E-state index in [1.807, 2.05) is 91.9 Å². The topological polar surface area (TPSA) is 58.2 Å². The minimum Gasteiger partial charge on any atom is -0.347 e. The summed E-state index contributed by atoms with van der Waals surface area (Å²) in [5.41, 5.74) is 4.26. The Kier molecular flexibility index (Phi) is 6.58. The molecule has 0 fully saturated rings. The normalized spacial score (nSPS) is 10.5. The Morgan fingerprint density at radius 3 is 1.89 bits per heavy atom.